The van der Waals surface area contributed by atoms with Gasteiger partial charge < -0.3 is 40.6 Å². The molecule has 0 saturated carbocycles. The second-order valence-corrected chi connectivity index (χ2v) is 15.3. The van der Waals surface area contributed by atoms with Gasteiger partial charge in [-0.25, -0.2) is 14.6 Å². The van der Waals surface area contributed by atoms with Crippen LogP contribution in [0.15, 0.2) is 59.6 Å². The molecule has 1 unspecified atom stereocenters. The predicted molar refractivity (Wildman–Crippen MR) is 216 cm³/mol. The van der Waals surface area contributed by atoms with Gasteiger partial charge in [0.15, 0.2) is 0 Å². The molecule has 0 bridgehead atoms. The Bertz CT molecular complexity index is 2090. The first-order chi connectivity index (χ1) is 26.9. The second-order valence-electron chi connectivity index (χ2n) is 15.3. The highest BCUT2D eigenvalue weighted by atomic mass is 16.5. The molecule has 4 aromatic rings. The summed E-state index contributed by atoms with van der Waals surface area (Å²) in [5, 5.41) is 14.1. The average molecular weight is 767 g/mol. The third-order valence-corrected chi connectivity index (χ3v) is 10.7. The Morgan fingerprint density at radius 2 is 1.54 bits per heavy atom. The summed E-state index contributed by atoms with van der Waals surface area (Å²) in [6, 6.07) is 17.8. The number of fused-ring (bicyclic) bond motifs is 2. The Morgan fingerprint density at radius 1 is 0.857 bits per heavy atom. The van der Waals surface area contributed by atoms with Crippen LogP contribution in [-0.4, -0.2) is 96.7 Å². The maximum Gasteiger partial charge on any atom is 0.407 e. The maximum absolute atomic E-state index is 13.6. The van der Waals surface area contributed by atoms with Crippen molar-refractivity contribution in [2.45, 2.75) is 84.0 Å². The number of aromatic nitrogens is 2. The summed E-state index contributed by atoms with van der Waals surface area (Å²) >= 11 is 0. The number of amides is 4. The number of nitrogens with zero attached hydrogens (tertiary/aromatic N) is 3. The number of nitrogens with one attached hydrogen (secondary N) is 5. The molecule has 1 fully saturated rings. The molecule has 5 N–H and O–H groups in total. The van der Waals surface area contributed by atoms with Crippen LogP contribution in [0.4, 0.5) is 9.59 Å². The van der Waals surface area contributed by atoms with E-state index >= 15 is 0 Å². The van der Waals surface area contributed by atoms with Gasteiger partial charge in [0, 0.05) is 19.5 Å². The second kappa shape index (κ2) is 17.9. The molecule has 2 aliphatic heterocycles. The molecule has 0 radical (unpaired) electrons. The van der Waals surface area contributed by atoms with Crippen LogP contribution >= 0.6 is 0 Å². The van der Waals surface area contributed by atoms with Gasteiger partial charge in [-0.05, 0) is 89.2 Å². The summed E-state index contributed by atoms with van der Waals surface area (Å²) in [6.45, 7) is 9.29. The molecule has 3 heterocycles. The number of hydrogen-bond donors (Lipinski definition) is 5. The zero-order valence-electron chi connectivity index (χ0n) is 33.1. The van der Waals surface area contributed by atoms with Crippen molar-refractivity contribution in [1.82, 2.24) is 36.1 Å². The topological polar surface area (TPSA) is 179 Å². The number of likely N-dealkylation sites (tertiary alicyclic amines) is 1. The first kappa shape index (κ1) is 40.0. The number of aromatic amines is 1. The molecule has 56 heavy (non-hydrogen) atoms. The van der Waals surface area contributed by atoms with E-state index in [0.717, 1.165) is 82.3 Å². The minimum atomic E-state index is -0.668. The normalized spacial score (nSPS) is 17.8. The van der Waals surface area contributed by atoms with Crippen molar-refractivity contribution in [2.75, 3.05) is 33.9 Å². The van der Waals surface area contributed by atoms with Crippen molar-refractivity contribution in [3.8, 4) is 11.1 Å². The number of aliphatic imine (C=N–C) groups is 1. The third kappa shape index (κ3) is 9.23. The van der Waals surface area contributed by atoms with Crippen LogP contribution < -0.4 is 21.3 Å². The molecular formula is C42H54N8O6. The summed E-state index contributed by atoms with van der Waals surface area (Å²) in [5.41, 5.74) is 5.22. The van der Waals surface area contributed by atoms with E-state index in [4.69, 9.17) is 14.7 Å². The van der Waals surface area contributed by atoms with Crippen LogP contribution in [0.1, 0.15) is 70.8 Å². The van der Waals surface area contributed by atoms with Crippen molar-refractivity contribution in [3.05, 3.63) is 66.0 Å². The Labute approximate surface area is 327 Å². The van der Waals surface area contributed by atoms with Crippen LogP contribution in [0.3, 0.4) is 0 Å². The Morgan fingerprint density at radius 3 is 2.27 bits per heavy atom. The maximum atomic E-state index is 13.6. The van der Waals surface area contributed by atoms with Crippen LogP contribution in [0.2, 0.25) is 0 Å². The standard InChI is InChI=1S/C42H54N8O6/c1-24(2)36(48-41(53)55-5)39(51)43-18-8-7-11-35-45-31-17-16-29(22-32(31)46-35)27-12-13-28-21-30(15-14-26(28)20-27)33-23-44-38(47-33)34-10-9-19-50(34)40(52)37(25(3)4)49-42(54)56-6/h12-17,20-22,24-25,33-34,36-37H,7-11,18-19,23H2,1-6H3,(H,43,51)(H,44,47)(H,45,46)(H,48,53)(H,49,54)/t33?,34-,36-,37-/m0/s1. The molecule has 14 nitrogen and oxygen atoms in total. The number of imidazole rings is 1. The van der Waals surface area contributed by atoms with E-state index in [-0.39, 0.29) is 35.7 Å². The van der Waals surface area contributed by atoms with E-state index in [1.807, 2.05) is 38.7 Å². The van der Waals surface area contributed by atoms with Gasteiger partial charge in [-0.15, -0.1) is 0 Å². The first-order valence-electron chi connectivity index (χ1n) is 19.6. The minimum absolute atomic E-state index is 0.00372. The largest absolute Gasteiger partial charge is 0.453 e. The molecule has 4 atom stereocenters. The number of rotatable bonds is 14. The molecule has 14 heteroatoms. The quantitative estimate of drug-likeness (QED) is 0.103. The molecule has 0 aliphatic carbocycles. The summed E-state index contributed by atoms with van der Waals surface area (Å²) in [5.74, 6) is 1.23. The highest BCUT2D eigenvalue weighted by molar-refractivity contribution is 5.96. The fourth-order valence-electron chi connectivity index (χ4n) is 7.52. The van der Waals surface area contributed by atoms with Crippen molar-refractivity contribution < 1.29 is 28.7 Å². The van der Waals surface area contributed by atoms with E-state index in [1.54, 1.807) is 0 Å². The van der Waals surface area contributed by atoms with E-state index in [0.29, 0.717) is 19.6 Å². The number of carbonyl (C=O) groups excluding carboxylic acids is 4. The Hall–Kier alpha value is -5.66. The number of aryl methyl sites for hydroxylation is 1. The van der Waals surface area contributed by atoms with Gasteiger partial charge in [0.25, 0.3) is 0 Å². The molecule has 298 valence electrons. The van der Waals surface area contributed by atoms with Gasteiger partial charge in [0.1, 0.15) is 23.7 Å². The zero-order valence-corrected chi connectivity index (χ0v) is 33.1. The molecule has 0 spiro atoms. The number of hydrogen-bond acceptors (Lipinski definition) is 9. The van der Waals surface area contributed by atoms with E-state index in [2.05, 4.69) is 79.5 Å². The summed E-state index contributed by atoms with van der Waals surface area (Å²) < 4.78 is 9.41. The fourth-order valence-corrected chi connectivity index (χ4v) is 7.52. The lowest BCUT2D eigenvalue weighted by Gasteiger charge is -2.31. The van der Waals surface area contributed by atoms with Crippen molar-refractivity contribution in [2.24, 2.45) is 16.8 Å². The number of carbonyl (C=O) groups is 4. The lowest BCUT2D eigenvalue weighted by atomic mass is 9.98. The molecule has 1 aromatic heterocycles. The van der Waals surface area contributed by atoms with Crippen LogP contribution in [0, 0.1) is 11.8 Å². The smallest absolute Gasteiger partial charge is 0.407 e. The SMILES string of the molecule is COC(=O)N[C@H](C(=O)NCCCCc1nc2ccc(-c3ccc4cc(C5CN=C([C@@H]6CCCN6C(=O)[C@@H](NC(=O)OC)C(C)C)N5)ccc4c3)cc2[nH]1)C(C)C. The van der Waals surface area contributed by atoms with Gasteiger partial charge in [-0.3, -0.25) is 14.6 Å². The van der Waals surface area contributed by atoms with Crippen LogP contribution in [0.5, 0.6) is 0 Å². The van der Waals surface area contributed by atoms with E-state index in [1.165, 1.54) is 14.2 Å². The lowest BCUT2D eigenvalue weighted by molar-refractivity contribution is -0.134. The zero-order chi connectivity index (χ0) is 39.9. The van der Waals surface area contributed by atoms with E-state index in [9.17, 15) is 19.2 Å². The average Bonchev–Trinajstić information content (AvgIpc) is 3.97. The van der Waals surface area contributed by atoms with Gasteiger partial charge in [-0.2, -0.15) is 0 Å². The number of amidine groups is 1. The highest BCUT2D eigenvalue weighted by Gasteiger charge is 2.39. The van der Waals surface area contributed by atoms with Crippen LogP contribution in [0.25, 0.3) is 32.9 Å². The van der Waals surface area contributed by atoms with Crippen LogP contribution in [-0.2, 0) is 25.5 Å². The van der Waals surface area contributed by atoms with Crippen molar-refractivity contribution in [3.63, 3.8) is 0 Å². The number of methoxy groups -OCH3 is 2. The fraction of sp³-hybridized carbons (Fsp3) is 0.476. The summed E-state index contributed by atoms with van der Waals surface area (Å²) in [4.78, 5) is 64.7. The number of ether oxygens (including phenoxy) is 2. The lowest BCUT2D eigenvalue weighted by Crippen LogP contribution is -2.54. The van der Waals surface area contributed by atoms with Crippen molar-refractivity contribution >= 4 is 51.6 Å². The van der Waals surface area contributed by atoms with Crippen molar-refractivity contribution in [1.29, 1.82) is 0 Å². The molecule has 4 amide bonds. The van der Waals surface area contributed by atoms with Gasteiger partial charge in [0.05, 0.1) is 43.9 Å². The highest BCUT2D eigenvalue weighted by Crippen LogP contribution is 2.31. The Kier molecular flexibility index (Phi) is 12.8. The predicted octanol–water partition coefficient (Wildman–Crippen LogP) is 5.62. The number of H-pyrrole nitrogens is 1. The number of benzene rings is 3. The molecule has 3 aromatic carbocycles. The van der Waals surface area contributed by atoms with Gasteiger partial charge in [-0.1, -0.05) is 58.0 Å². The third-order valence-electron chi connectivity index (χ3n) is 10.7. The Balaban J connectivity index is 1.04. The molecule has 1 saturated heterocycles. The first-order valence-corrected chi connectivity index (χ1v) is 19.6. The number of alkyl carbamates (subject to hydrolysis) is 2. The number of unbranched alkanes of at least 4 members (excludes halogenated alkanes) is 1. The van der Waals surface area contributed by atoms with E-state index < -0.39 is 24.3 Å². The summed E-state index contributed by atoms with van der Waals surface area (Å²) in [6.07, 6.45) is 2.82. The summed E-state index contributed by atoms with van der Waals surface area (Å²) in [7, 11) is 2.58. The molecule has 6 rings (SSSR count). The van der Waals surface area contributed by atoms with Gasteiger partial charge in [0.2, 0.25) is 11.8 Å². The minimum Gasteiger partial charge on any atom is -0.453 e. The molecule has 2 aliphatic rings. The monoisotopic (exact) mass is 766 g/mol. The van der Waals surface area contributed by atoms with Gasteiger partial charge >= 0.3 is 12.2 Å². The molecular weight excluding hydrogens is 713 g/mol.